The minimum absolute atomic E-state index is 0.0136. The Morgan fingerprint density at radius 1 is 1.17 bits per heavy atom. The van der Waals surface area contributed by atoms with E-state index < -0.39 is 12.1 Å². The Labute approximate surface area is 201 Å². The van der Waals surface area contributed by atoms with E-state index in [1.54, 1.807) is 26.0 Å². The van der Waals surface area contributed by atoms with E-state index in [-0.39, 0.29) is 49.9 Å². The second-order valence-electron chi connectivity index (χ2n) is 6.08. The van der Waals surface area contributed by atoms with Crippen LogP contribution in [0.3, 0.4) is 0 Å². The summed E-state index contributed by atoms with van der Waals surface area (Å²) in [6.45, 7) is 3.39. The molecular formula is C19H17Cl3INO6. The molecule has 0 aliphatic heterocycles. The molecule has 2 rings (SSSR count). The molecular weight excluding hydrogens is 571 g/mol. The molecule has 7 nitrogen and oxygen atoms in total. The molecule has 30 heavy (non-hydrogen) atoms. The average Bonchev–Trinajstić information content (AvgIpc) is 2.65. The van der Waals surface area contributed by atoms with Crippen molar-refractivity contribution >= 4 is 69.5 Å². The van der Waals surface area contributed by atoms with Gasteiger partial charge in [0.15, 0.2) is 5.75 Å². The summed E-state index contributed by atoms with van der Waals surface area (Å²) in [5.74, 6) is -0.657. The number of amides is 1. The lowest BCUT2D eigenvalue weighted by Gasteiger charge is -2.23. The lowest BCUT2D eigenvalue weighted by Crippen LogP contribution is -2.37. The van der Waals surface area contributed by atoms with Gasteiger partial charge in [0, 0.05) is 17.0 Å². The number of ether oxygens (including phenoxy) is 2. The summed E-state index contributed by atoms with van der Waals surface area (Å²) in [6.07, 6.45) is -1.14. The van der Waals surface area contributed by atoms with Gasteiger partial charge < -0.3 is 19.4 Å². The zero-order valence-electron chi connectivity index (χ0n) is 15.8. The van der Waals surface area contributed by atoms with Crippen LogP contribution >= 0.6 is 57.4 Å². The first kappa shape index (κ1) is 24.6. The molecule has 0 unspecified atom stereocenters. The molecule has 11 heteroatoms. The first-order valence-corrected chi connectivity index (χ1v) is 10.9. The van der Waals surface area contributed by atoms with Crippen LogP contribution in [0, 0.1) is 3.57 Å². The summed E-state index contributed by atoms with van der Waals surface area (Å²) in [6, 6.07) is 7.37. The van der Waals surface area contributed by atoms with Crippen molar-refractivity contribution in [1.29, 1.82) is 0 Å². The van der Waals surface area contributed by atoms with E-state index in [4.69, 9.17) is 49.1 Å². The number of carboxylic acids is 1. The van der Waals surface area contributed by atoms with Gasteiger partial charge in [-0.2, -0.15) is 0 Å². The van der Waals surface area contributed by atoms with Crippen LogP contribution in [0.25, 0.3) is 0 Å². The minimum Gasteiger partial charge on any atom is -0.478 e. The highest BCUT2D eigenvalue weighted by Crippen LogP contribution is 2.36. The molecule has 162 valence electrons. The lowest BCUT2D eigenvalue weighted by atomic mass is 10.2. The SMILES string of the molecule is CC(C)OC(=O)N(CCCl)Oc1cc(Oc2ccc(Cl)cc2Cl)cc(C(=O)O)c1I. The number of carbonyl (C=O) groups excluding carboxylic acids is 1. The Morgan fingerprint density at radius 2 is 1.87 bits per heavy atom. The van der Waals surface area contributed by atoms with E-state index >= 15 is 0 Å². The van der Waals surface area contributed by atoms with Crippen molar-refractivity contribution < 1.29 is 29.0 Å². The number of carboxylic acid groups (broad SMARTS) is 1. The monoisotopic (exact) mass is 587 g/mol. The molecule has 0 spiro atoms. The second kappa shape index (κ2) is 11.1. The van der Waals surface area contributed by atoms with E-state index in [0.29, 0.717) is 5.02 Å². The summed E-state index contributed by atoms with van der Waals surface area (Å²) in [7, 11) is 0. The number of hydrogen-bond donors (Lipinski definition) is 1. The summed E-state index contributed by atoms with van der Waals surface area (Å²) < 4.78 is 11.1. The zero-order valence-corrected chi connectivity index (χ0v) is 20.3. The fraction of sp³-hybridized carbons (Fsp3) is 0.263. The molecule has 0 saturated heterocycles. The number of rotatable bonds is 8. The molecule has 0 aromatic heterocycles. The van der Waals surface area contributed by atoms with Gasteiger partial charge in [-0.25, -0.2) is 9.59 Å². The summed E-state index contributed by atoms with van der Waals surface area (Å²) in [4.78, 5) is 29.6. The van der Waals surface area contributed by atoms with Crippen molar-refractivity contribution in [2.75, 3.05) is 12.4 Å². The van der Waals surface area contributed by atoms with Crippen LogP contribution in [-0.4, -0.2) is 40.8 Å². The van der Waals surface area contributed by atoms with Crippen molar-refractivity contribution in [2.24, 2.45) is 0 Å². The van der Waals surface area contributed by atoms with Crippen molar-refractivity contribution in [1.82, 2.24) is 5.06 Å². The van der Waals surface area contributed by atoms with Gasteiger partial charge in [0.25, 0.3) is 0 Å². The molecule has 1 N–H and O–H groups in total. The van der Waals surface area contributed by atoms with E-state index in [0.717, 1.165) is 5.06 Å². The van der Waals surface area contributed by atoms with Crippen LogP contribution in [-0.2, 0) is 4.74 Å². The zero-order chi connectivity index (χ0) is 22.4. The second-order valence-corrected chi connectivity index (χ2v) is 8.38. The number of aromatic carboxylic acids is 1. The number of benzene rings is 2. The van der Waals surface area contributed by atoms with Gasteiger partial charge in [-0.05, 0) is 60.7 Å². The van der Waals surface area contributed by atoms with Crippen LogP contribution in [0.4, 0.5) is 4.79 Å². The Hall–Kier alpha value is -1.62. The Balaban J connectivity index is 2.42. The predicted octanol–water partition coefficient (Wildman–Crippen LogP) is 6.47. The fourth-order valence-corrected chi connectivity index (χ4v) is 3.41. The van der Waals surface area contributed by atoms with Crippen molar-refractivity contribution in [2.45, 2.75) is 20.0 Å². The van der Waals surface area contributed by atoms with Gasteiger partial charge in [-0.15, -0.1) is 16.7 Å². The highest BCUT2D eigenvalue weighted by Gasteiger charge is 2.23. The highest BCUT2D eigenvalue weighted by molar-refractivity contribution is 14.1. The van der Waals surface area contributed by atoms with Gasteiger partial charge in [0.1, 0.15) is 11.5 Å². The van der Waals surface area contributed by atoms with Crippen LogP contribution in [0.2, 0.25) is 10.0 Å². The van der Waals surface area contributed by atoms with Crippen molar-refractivity contribution in [3.63, 3.8) is 0 Å². The fourth-order valence-electron chi connectivity index (χ4n) is 2.17. The van der Waals surface area contributed by atoms with Crippen LogP contribution in [0.15, 0.2) is 30.3 Å². The standard InChI is InChI=1S/C19H17Cl3INO6/c1-10(2)28-19(27)24(6-5-20)30-16-9-12(8-13(17(16)23)18(25)26)29-15-4-3-11(21)7-14(15)22/h3-4,7-10H,5-6H2,1-2H3,(H,25,26). The summed E-state index contributed by atoms with van der Waals surface area (Å²) >= 11 is 19.6. The van der Waals surface area contributed by atoms with Gasteiger partial charge >= 0.3 is 12.1 Å². The molecule has 0 aliphatic carbocycles. The van der Waals surface area contributed by atoms with Crippen LogP contribution < -0.4 is 9.57 Å². The van der Waals surface area contributed by atoms with Crippen molar-refractivity contribution in [3.8, 4) is 17.2 Å². The summed E-state index contributed by atoms with van der Waals surface area (Å²) in [5, 5.41) is 11.1. The van der Waals surface area contributed by atoms with Crippen LogP contribution in [0.1, 0.15) is 24.2 Å². The third-order valence-electron chi connectivity index (χ3n) is 3.40. The number of nitrogens with zero attached hydrogens (tertiary/aromatic N) is 1. The van der Waals surface area contributed by atoms with E-state index in [1.807, 2.05) is 22.6 Å². The molecule has 0 heterocycles. The van der Waals surface area contributed by atoms with E-state index in [9.17, 15) is 14.7 Å². The number of halogens is 4. The molecule has 0 aliphatic rings. The molecule has 0 radical (unpaired) electrons. The maximum Gasteiger partial charge on any atom is 0.443 e. The normalized spacial score (nSPS) is 10.6. The Bertz CT molecular complexity index is 941. The maximum atomic E-state index is 12.3. The maximum absolute atomic E-state index is 12.3. The van der Waals surface area contributed by atoms with Gasteiger partial charge in [-0.1, -0.05) is 23.2 Å². The Morgan fingerprint density at radius 3 is 2.43 bits per heavy atom. The quantitative estimate of drug-likeness (QED) is 0.216. The Kier molecular flexibility index (Phi) is 9.14. The lowest BCUT2D eigenvalue weighted by molar-refractivity contribution is -0.0523. The highest BCUT2D eigenvalue weighted by atomic mass is 127. The number of carbonyl (C=O) groups is 2. The average molecular weight is 589 g/mol. The molecule has 1 amide bonds. The first-order chi connectivity index (χ1) is 14.1. The van der Waals surface area contributed by atoms with Gasteiger partial charge in [-0.3, -0.25) is 0 Å². The smallest absolute Gasteiger partial charge is 0.443 e. The number of hydroxylamine groups is 2. The van der Waals surface area contributed by atoms with E-state index in [2.05, 4.69) is 0 Å². The third kappa shape index (κ3) is 6.69. The largest absolute Gasteiger partial charge is 0.478 e. The van der Waals surface area contributed by atoms with Crippen LogP contribution in [0.5, 0.6) is 17.2 Å². The molecule has 0 bridgehead atoms. The molecule has 2 aromatic rings. The van der Waals surface area contributed by atoms with Gasteiger partial charge in [0.05, 0.1) is 26.8 Å². The molecule has 2 aromatic carbocycles. The topological polar surface area (TPSA) is 85.3 Å². The van der Waals surface area contributed by atoms with E-state index in [1.165, 1.54) is 18.2 Å². The predicted molar refractivity (Wildman–Crippen MR) is 122 cm³/mol. The summed E-state index contributed by atoms with van der Waals surface area (Å²) in [5.41, 5.74) is -0.0868. The molecule has 0 atom stereocenters. The number of alkyl halides is 1. The first-order valence-electron chi connectivity index (χ1n) is 8.54. The minimum atomic E-state index is -1.20. The molecule has 0 fully saturated rings. The van der Waals surface area contributed by atoms with Gasteiger partial charge in [0.2, 0.25) is 0 Å². The third-order valence-corrected chi connectivity index (χ3v) is 5.21. The van der Waals surface area contributed by atoms with Crippen molar-refractivity contribution in [3.05, 3.63) is 49.5 Å². The molecule has 0 saturated carbocycles. The number of hydrogen-bond acceptors (Lipinski definition) is 5.